The van der Waals surface area contributed by atoms with Gasteiger partial charge in [0.2, 0.25) is 5.91 Å². The second-order valence-corrected chi connectivity index (χ2v) is 5.42. The summed E-state index contributed by atoms with van der Waals surface area (Å²) >= 11 is 1.40. The van der Waals surface area contributed by atoms with E-state index in [4.69, 9.17) is 10.8 Å². The molecular formula is C13H18N4O2S. The lowest BCUT2D eigenvalue weighted by Gasteiger charge is -2.17. The lowest BCUT2D eigenvalue weighted by atomic mass is 10.3. The van der Waals surface area contributed by atoms with E-state index in [-0.39, 0.29) is 19.1 Å². The van der Waals surface area contributed by atoms with Gasteiger partial charge in [-0.05, 0) is 24.7 Å². The van der Waals surface area contributed by atoms with E-state index in [2.05, 4.69) is 10.3 Å². The summed E-state index contributed by atoms with van der Waals surface area (Å²) in [5, 5.41) is 12.2. The number of nitrogens with one attached hydrogen (secondary N) is 1. The molecule has 1 aromatic heterocycles. The molecule has 2 rings (SSSR count). The molecule has 7 heteroatoms. The van der Waals surface area contributed by atoms with Gasteiger partial charge in [0.1, 0.15) is 0 Å². The van der Waals surface area contributed by atoms with E-state index < -0.39 is 0 Å². The van der Waals surface area contributed by atoms with Gasteiger partial charge in [0.05, 0.1) is 23.4 Å². The molecule has 20 heavy (non-hydrogen) atoms. The van der Waals surface area contributed by atoms with E-state index in [9.17, 15) is 4.79 Å². The minimum absolute atomic E-state index is 0.0432. The predicted octanol–water partition coefficient (Wildman–Crippen LogP) is 1.13. The Hall–Kier alpha value is -1.70. The van der Waals surface area contributed by atoms with E-state index >= 15 is 0 Å². The number of rotatable bonds is 6. The number of anilines is 2. The molecule has 0 bridgehead atoms. The van der Waals surface area contributed by atoms with Crippen LogP contribution in [0.15, 0.2) is 18.2 Å². The number of nitrogens with zero attached hydrogens (tertiary/aromatic N) is 2. The van der Waals surface area contributed by atoms with Crippen molar-refractivity contribution in [2.75, 3.05) is 37.3 Å². The summed E-state index contributed by atoms with van der Waals surface area (Å²) in [7, 11) is 0. The van der Waals surface area contributed by atoms with Crippen LogP contribution in [0.2, 0.25) is 0 Å². The number of likely N-dealkylation sites (N-methyl/N-ethyl adjacent to an activating group) is 1. The Labute approximate surface area is 121 Å². The summed E-state index contributed by atoms with van der Waals surface area (Å²) in [5.74, 6) is -0.132. The highest BCUT2D eigenvalue weighted by Gasteiger charge is 2.11. The van der Waals surface area contributed by atoms with Crippen molar-refractivity contribution >= 4 is 38.3 Å². The number of nitrogen functional groups attached to an aromatic ring is 1. The number of aromatic nitrogens is 1. The van der Waals surface area contributed by atoms with Crippen molar-refractivity contribution in [1.29, 1.82) is 0 Å². The fourth-order valence-electron chi connectivity index (χ4n) is 1.85. The lowest BCUT2D eigenvalue weighted by molar-refractivity contribution is -0.117. The first-order chi connectivity index (χ1) is 9.62. The SMILES string of the molecule is CCN(CCO)CC(=O)Nc1nc2ccc(N)cc2s1. The van der Waals surface area contributed by atoms with Gasteiger partial charge in [-0.3, -0.25) is 9.69 Å². The van der Waals surface area contributed by atoms with Crippen LogP contribution in [0.1, 0.15) is 6.92 Å². The van der Waals surface area contributed by atoms with E-state index in [1.165, 1.54) is 11.3 Å². The number of carbonyl (C=O) groups is 1. The van der Waals surface area contributed by atoms with Crippen molar-refractivity contribution < 1.29 is 9.90 Å². The molecule has 6 nitrogen and oxygen atoms in total. The van der Waals surface area contributed by atoms with Crippen LogP contribution in [0.25, 0.3) is 10.2 Å². The Morgan fingerprint density at radius 2 is 2.35 bits per heavy atom. The molecular weight excluding hydrogens is 276 g/mol. The van der Waals surface area contributed by atoms with Crippen LogP contribution >= 0.6 is 11.3 Å². The van der Waals surface area contributed by atoms with Crippen LogP contribution in [-0.4, -0.2) is 47.1 Å². The highest BCUT2D eigenvalue weighted by atomic mass is 32.1. The largest absolute Gasteiger partial charge is 0.399 e. The quantitative estimate of drug-likeness (QED) is 0.695. The molecule has 0 saturated carbocycles. The lowest BCUT2D eigenvalue weighted by Crippen LogP contribution is -2.35. The van der Waals surface area contributed by atoms with Crippen molar-refractivity contribution in [1.82, 2.24) is 9.88 Å². The first kappa shape index (κ1) is 14.7. The van der Waals surface area contributed by atoms with Gasteiger partial charge in [-0.2, -0.15) is 0 Å². The first-order valence-corrected chi connectivity index (χ1v) is 7.23. The zero-order valence-corrected chi connectivity index (χ0v) is 12.1. The molecule has 0 atom stereocenters. The number of benzene rings is 1. The number of nitrogens with two attached hydrogens (primary N) is 1. The topological polar surface area (TPSA) is 91.5 Å². The summed E-state index contributed by atoms with van der Waals surface area (Å²) in [5.41, 5.74) is 7.21. The predicted molar refractivity (Wildman–Crippen MR) is 81.9 cm³/mol. The van der Waals surface area contributed by atoms with Crippen LogP contribution in [-0.2, 0) is 4.79 Å². The number of carbonyl (C=O) groups excluding carboxylic acids is 1. The molecule has 4 N–H and O–H groups in total. The van der Waals surface area contributed by atoms with E-state index in [1.54, 1.807) is 6.07 Å². The monoisotopic (exact) mass is 294 g/mol. The fraction of sp³-hybridized carbons (Fsp3) is 0.385. The molecule has 0 aliphatic carbocycles. The number of fused-ring (bicyclic) bond motifs is 1. The first-order valence-electron chi connectivity index (χ1n) is 6.41. The standard InChI is InChI=1S/C13H18N4O2S/c1-2-17(5-6-18)8-12(19)16-13-15-10-4-3-9(14)7-11(10)20-13/h3-4,7,18H,2,5-6,8,14H2,1H3,(H,15,16,19). The summed E-state index contributed by atoms with van der Waals surface area (Å²) in [4.78, 5) is 18.1. The summed E-state index contributed by atoms with van der Waals surface area (Å²) in [6, 6.07) is 5.46. The van der Waals surface area contributed by atoms with Crippen LogP contribution in [0, 0.1) is 0 Å². The Bertz CT molecular complexity index is 599. The van der Waals surface area contributed by atoms with Gasteiger partial charge in [0, 0.05) is 12.2 Å². The highest BCUT2D eigenvalue weighted by molar-refractivity contribution is 7.22. The van der Waals surface area contributed by atoms with Gasteiger partial charge in [0.25, 0.3) is 0 Å². The molecule has 0 aliphatic rings. The second kappa shape index (κ2) is 6.65. The average Bonchev–Trinajstić information content (AvgIpc) is 2.79. The highest BCUT2D eigenvalue weighted by Crippen LogP contribution is 2.27. The normalized spacial score (nSPS) is 11.2. The molecule has 0 radical (unpaired) electrons. The van der Waals surface area contributed by atoms with E-state index in [0.29, 0.717) is 23.9 Å². The summed E-state index contributed by atoms with van der Waals surface area (Å²) in [6.45, 7) is 3.44. The molecule has 0 saturated heterocycles. The van der Waals surface area contributed by atoms with Crippen LogP contribution in [0.3, 0.4) is 0 Å². The third-order valence-electron chi connectivity index (χ3n) is 2.89. The number of hydrogen-bond acceptors (Lipinski definition) is 6. The molecule has 0 aliphatic heterocycles. The van der Waals surface area contributed by atoms with Gasteiger partial charge < -0.3 is 16.2 Å². The number of amides is 1. The molecule has 108 valence electrons. The molecule has 1 heterocycles. The number of thiazole rings is 1. The Kier molecular flexibility index (Phi) is 4.89. The maximum Gasteiger partial charge on any atom is 0.240 e. The third kappa shape index (κ3) is 3.66. The van der Waals surface area contributed by atoms with E-state index in [0.717, 1.165) is 10.2 Å². The van der Waals surface area contributed by atoms with Crippen molar-refractivity contribution in [3.05, 3.63) is 18.2 Å². The minimum Gasteiger partial charge on any atom is -0.399 e. The van der Waals surface area contributed by atoms with E-state index in [1.807, 2.05) is 24.0 Å². The van der Waals surface area contributed by atoms with Crippen molar-refractivity contribution in [3.63, 3.8) is 0 Å². The molecule has 1 amide bonds. The molecule has 0 fully saturated rings. The fourth-order valence-corrected chi connectivity index (χ4v) is 2.78. The number of hydrogen-bond donors (Lipinski definition) is 3. The van der Waals surface area contributed by atoms with Crippen molar-refractivity contribution in [2.45, 2.75) is 6.92 Å². The maximum absolute atomic E-state index is 11.9. The van der Waals surface area contributed by atoms with Crippen LogP contribution in [0.5, 0.6) is 0 Å². The Morgan fingerprint density at radius 3 is 3.05 bits per heavy atom. The maximum atomic E-state index is 11.9. The van der Waals surface area contributed by atoms with Crippen molar-refractivity contribution in [2.24, 2.45) is 0 Å². The molecule has 2 aromatic rings. The van der Waals surface area contributed by atoms with Gasteiger partial charge in [-0.25, -0.2) is 4.98 Å². The third-order valence-corrected chi connectivity index (χ3v) is 3.82. The number of aliphatic hydroxyl groups excluding tert-OH is 1. The van der Waals surface area contributed by atoms with Crippen LogP contribution in [0.4, 0.5) is 10.8 Å². The molecule has 0 unspecified atom stereocenters. The Morgan fingerprint density at radius 1 is 1.55 bits per heavy atom. The second-order valence-electron chi connectivity index (χ2n) is 4.39. The van der Waals surface area contributed by atoms with Crippen LogP contribution < -0.4 is 11.1 Å². The molecule has 1 aromatic carbocycles. The van der Waals surface area contributed by atoms with Gasteiger partial charge in [-0.1, -0.05) is 18.3 Å². The van der Waals surface area contributed by atoms with Gasteiger partial charge >= 0.3 is 0 Å². The smallest absolute Gasteiger partial charge is 0.240 e. The van der Waals surface area contributed by atoms with Gasteiger partial charge in [0.15, 0.2) is 5.13 Å². The zero-order valence-electron chi connectivity index (χ0n) is 11.3. The van der Waals surface area contributed by atoms with Crippen molar-refractivity contribution in [3.8, 4) is 0 Å². The minimum atomic E-state index is -0.132. The summed E-state index contributed by atoms with van der Waals surface area (Å²) in [6.07, 6.45) is 0. The Balaban J connectivity index is 2.02. The average molecular weight is 294 g/mol. The van der Waals surface area contributed by atoms with Gasteiger partial charge in [-0.15, -0.1) is 0 Å². The summed E-state index contributed by atoms with van der Waals surface area (Å²) < 4.78 is 0.947. The zero-order chi connectivity index (χ0) is 14.5. The number of aliphatic hydroxyl groups is 1. The molecule has 0 spiro atoms.